The van der Waals surface area contributed by atoms with Crippen LogP contribution in [0.1, 0.15) is 24.8 Å². The van der Waals surface area contributed by atoms with Crippen molar-refractivity contribution in [3.05, 3.63) is 34.8 Å². The molecular weight excluding hydrogens is 248 g/mol. The van der Waals surface area contributed by atoms with Crippen molar-refractivity contribution in [2.75, 3.05) is 0 Å². The molecule has 1 N–H and O–H groups in total. The average molecular weight is 262 g/mol. The molecule has 2 heterocycles. The second-order valence-corrected chi connectivity index (χ2v) is 5.24. The van der Waals surface area contributed by atoms with Crippen molar-refractivity contribution < 1.29 is 9.90 Å². The van der Waals surface area contributed by atoms with Crippen LogP contribution in [0.2, 0.25) is 0 Å². The third kappa shape index (κ3) is 2.56. The molecule has 0 aliphatic carbocycles. The van der Waals surface area contributed by atoms with Gasteiger partial charge in [-0.05, 0) is 18.1 Å². The monoisotopic (exact) mass is 262 g/mol. The Hall–Kier alpha value is -1.75. The summed E-state index contributed by atoms with van der Waals surface area (Å²) in [5.41, 5.74) is 1.51. The minimum atomic E-state index is -0.827. The number of carboxylic acid groups (broad SMARTS) is 1. The SMILES string of the molecule is CC(C)C(C(=O)O)c1nc(-c2ccccn2)cs1. The van der Waals surface area contributed by atoms with Gasteiger partial charge in [0.15, 0.2) is 0 Å². The Morgan fingerprint density at radius 1 is 1.33 bits per heavy atom. The van der Waals surface area contributed by atoms with Crippen molar-refractivity contribution >= 4 is 17.3 Å². The van der Waals surface area contributed by atoms with E-state index in [1.54, 1.807) is 6.20 Å². The van der Waals surface area contributed by atoms with E-state index in [-0.39, 0.29) is 5.92 Å². The maximum atomic E-state index is 11.2. The number of thiazole rings is 1. The molecule has 4 nitrogen and oxygen atoms in total. The highest BCUT2D eigenvalue weighted by Gasteiger charge is 2.26. The highest BCUT2D eigenvalue weighted by atomic mass is 32.1. The molecule has 2 aromatic rings. The minimum absolute atomic E-state index is 0.0187. The van der Waals surface area contributed by atoms with Crippen molar-refractivity contribution in [2.45, 2.75) is 19.8 Å². The summed E-state index contributed by atoms with van der Waals surface area (Å²) in [6.45, 7) is 3.78. The van der Waals surface area contributed by atoms with Gasteiger partial charge in [-0.1, -0.05) is 19.9 Å². The van der Waals surface area contributed by atoms with E-state index >= 15 is 0 Å². The first kappa shape index (κ1) is 12.7. The number of hydrogen-bond acceptors (Lipinski definition) is 4. The maximum absolute atomic E-state index is 11.2. The quantitative estimate of drug-likeness (QED) is 0.920. The minimum Gasteiger partial charge on any atom is -0.481 e. The number of pyridine rings is 1. The van der Waals surface area contributed by atoms with Gasteiger partial charge < -0.3 is 5.11 Å². The summed E-state index contributed by atoms with van der Waals surface area (Å²) in [5.74, 6) is -1.36. The van der Waals surface area contributed by atoms with Crippen molar-refractivity contribution in [3.8, 4) is 11.4 Å². The van der Waals surface area contributed by atoms with Crippen LogP contribution < -0.4 is 0 Å². The first-order valence-electron chi connectivity index (χ1n) is 5.69. The lowest BCUT2D eigenvalue weighted by Crippen LogP contribution is -2.17. The predicted octanol–water partition coefficient (Wildman–Crippen LogP) is 3.03. The second kappa shape index (κ2) is 5.27. The van der Waals surface area contributed by atoms with E-state index in [4.69, 9.17) is 0 Å². The third-order valence-corrected chi connectivity index (χ3v) is 3.58. The van der Waals surface area contributed by atoms with Gasteiger partial charge in [0.2, 0.25) is 0 Å². The van der Waals surface area contributed by atoms with E-state index in [0.29, 0.717) is 5.01 Å². The van der Waals surface area contributed by atoms with Crippen molar-refractivity contribution in [2.24, 2.45) is 5.92 Å². The second-order valence-electron chi connectivity index (χ2n) is 4.35. The van der Waals surface area contributed by atoms with Crippen LogP contribution in [0.4, 0.5) is 0 Å². The van der Waals surface area contributed by atoms with Gasteiger partial charge in [-0.3, -0.25) is 9.78 Å². The summed E-state index contributed by atoms with van der Waals surface area (Å²) in [7, 11) is 0. The normalized spacial score (nSPS) is 12.6. The Bertz CT molecular complexity index is 537. The van der Waals surface area contributed by atoms with E-state index in [0.717, 1.165) is 11.4 Å². The molecule has 2 rings (SSSR count). The average Bonchev–Trinajstić information content (AvgIpc) is 2.78. The Kier molecular flexibility index (Phi) is 3.72. The summed E-state index contributed by atoms with van der Waals surface area (Å²) < 4.78 is 0. The molecule has 0 aliphatic rings. The number of nitrogens with zero attached hydrogens (tertiary/aromatic N) is 2. The topological polar surface area (TPSA) is 63.1 Å². The first-order valence-corrected chi connectivity index (χ1v) is 6.57. The van der Waals surface area contributed by atoms with E-state index in [1.807, 2.05) is 37.4 Å². The molecule has 0 bridgehead atoms. The van der Waals surface area contributed by atoms with E-state index in [2.05, 4.69) is 9.97 Å². The smallest absolute Gasteiger partial charge is 0.313 e. The molecule has 18 heavy (non-hydrogen) atoms. The summed E-state index contributed by atoms with van der Waals surface area (Å²) in [6, 6.07) is 5.59. The molecule has 1 atom stereocenters. The lowest BCUT2D eigenvalue weighted by Gasteiger charge is -2.12. The summed E-state index contributed by atoms with van der Waals surface area (Å²) in [5, 5.41) is 11.7. The van der Waals surface area contributed by atoms with Crippen LogP contribution in [0.5, 0.6) is 0 Å². The van der Waals surface area contributed by atoms with E-state index in [9.17, 15) is 9.90 Å². The van der Waals surface area contributed by atoms with Crippen LogP contribution in [0.3, 0.4) is 0 Å². The standard InChI is InChI=1S/C13H14N2O2S/c1-8(2)11(13(16)17)12-15-10(7-18-12)9-5-3-4-6-14-9/h3-8,11H,1-2H3,(H,16,17). The fraction of sp³-hybridized carbons (Fsp3) is 0.308. The molecule has 0 saturated carbocycles. The molecule has 2 aromatic heterocycles. The van der Waals surface area contributed by atoms with Crippen LogP contribution >= 0.6 is 11.3 Å². The predicted molar refractivity (Wildman–Crippen MR) is 70.6 cm³/mol. The van der Waals surface area contributed by atoms with Gasteiger partial charge >= 0.3 is 5.97 Å². The molecule has 5 heteroatoms. The van der Waals surface area contributed by atoms with Crippen LogP contribution in [0, 0.1) is 5.92 Å². The fourth-order valence-electron chi connectivity index (χ4n) is 1.74. The largest absolute Gasteiger partial charge is 0.481 e. The zero-order valence-electron chi connectivity index (χ0n) is 10.2. The Labute approximate surface area is 109 Å². The number of carboxylic acids is 1. The zero-order valence-corrected chi connectivity index (χ0v) is 11.0. The Balaban J connectivity index is 2.33. The molecule has 0 radical (unpaired) electrons. The van der Waals surface area contributed by atoms with Gasteiger partial charge in [0.05, 0.1) is 11.4 Å². The number of carbonyl (C=O) groups is 1. The van der Waals surface area contributed by atoms with Gasteiger partial charge in [0.1, 0.15) is 10.9 Å². The first-order chi connectivity index (χ1) is 8.59. The van der Waals surface area contributed by atoms with Gasteiger partial charge in [0, 0.05) is 11.6 Å². The lowest BCUT2D eigenvalue weighted by molar-refractivity contribution is -0.139. The van der Waals surface area contributed by atoms with Gasteiger partial charge in [-0.15, -0.1) is 11.3 Å². The molecule has 0 spiro atoms. The number of aliphatic carboxylic acids is 1. The molecule has 0 saturated heterocycles. The molecule has 0 fully saturated rings. The maximum Gasteiger partial charge on any atom is 0.313 e. The summed E-state index contributed by atoms with van der Waals surface area (Å²) >= 11 is 1.38. The fourth-order valence-corrected chi connectivity index (χ4v) is 2.81. The van der Waals surface area contributed by atoms with Crippen LogP contribution in [-0.2, 0) is 4.79 Å². The van der Waals surface area contributed by atoms with Crippen LogP contribution in [0.15, 0.2) is 29.8 Å². The van der Waals surface area contributed by atoms with Crippen LogP contribution in [-0.4, -0.2) is 21.0 Å². The highest BCUT2D eigenvalue weighted by molar-refractivity contribution is 7.10. The third-order valence-electron chi connectivity index (χ3n) is 2.65. The summed E-state index contributed by atoms with van der Waals surface area (Å²) in [4.78, 5) is 19.8. The summed E-state index contributed by atoms with van der Waals surface area (Å²) in [6.07, 6.45) is 1.70. The number of aromatic nitrogens is 2. The molecule has 0 aromatic carbocycles. The van der Waals surface area contributed by atoms with Gasteiger partial charge in [-0.2, -0.15) is 0 Å². The number of rotatable bonds is 4. The zero-order chi connectivity index (χ0) is 13.1. The van der Waals surface area contributed by atoms with Crippen molar-refractivity contribution in [3.63, 3.8) is 0 Å². The van der Waals surface area contributed by atoms with Crippen LogP contribution in [0.25, 0.3) is 11.4 Å². The van der Waals surface area contributed by atoms with E-state index in [1.165, 1.54) is 11.3 Å². The van der Waals surface area contributed by atoms with Gasteiger partial charge in [0.25, 0.3) is 0 Å². The molecular formula is C13H14N2O2S. The van der Waals surface area contributed by atoms with E-state index < -0.39 is 11.9 Å². The van der Waals surface area contributed by atoms with Crippen molar-refractivity contribution in [1.82, 2.24) is 9.97 Å². The lowest BCUT2D eigenvalue weighted by atomic mass is 9.97. The van der Waals surface area contributed by atoms with Gasteiger partial charge in [-0.25, -0.2) is 4.98 Å². The molecule has 0 amide bonds. The molecule has 1 unspecified atom stereocenters. The molecule has 0 aliphatic heterocycles. The Morgan fingerprint density at radius 2 is 2.11 bits per heavy atom. The molecule has 94 valence electrons. The Morgan fingerprint density at radius 3 is 2.67 bits per heavy atom. The van der Waals surface area contributed by atoms with Crippen molar-refractivity contribution in [1.29, 1.82) is 0 Å². The highest BCUT2D eigenvalue weighted by Crippen LogP contribution is 2.30. The number of hydrogen-bond donors (Lipinski definition) is 1.